The largest absolute Gasteiger partial charge is 0.464 e. The lowest BCUT2D eigenvalue weighted by Crippen LogP contribution is -2.27. The number of esters is 1. The molecule has 0 unspecified atom stereocenters. The minimum absolute atomic E-state index is 0.198. The molecule has 3 heteroatoms. The van der Waals surface area contributed by atoms with Gasteiger partial charge >= 0.3 is 5.97 Å². The molecule has 0 atom stereocenters. The van der Waals surface area contributed by atoms with Gasteiger partial charge in [-0.25, -0.2) is 0 Å². The Balaban J connectivity index is 2.03. The molecule has 0 aromatic carbocycles. The van der Waals surface area contributed by atoms with E-state index >= 15 is 0 Å². The van der Waals surface area contributed by atoms with Crippen LogP contribution < -0.4 is 5.32 Å². The lowest BCUT2D eigenvalue weighted by atomic mass is 9.90. The molecule has 3 nitrogen and oxygen atoms in total. The van der Waals surface area contributed by atoms with Gasteiger partial charge < -0.3 is 4.74 Å². The molecule has 0 aromatic heterocycles. The van der Waals surface area contributed by atoms with Crippen LogP contribution in [0.25, 0.3) is 0 Å². The average Bonchev–Trinajstić information content (AvgIpc) is 2.28. The smallest absolute Gasteiger partial charge is 0.319 e. The van der Waals surface area contributed by atoms with Crippen molar-refractivity contribution in [1.29, 1.82) is 0 Å². The summed E-state index contributed by atoms with van der Waals surface area (Å²) < 4.78 is 5.16. The van der Waals surface area contributed by atoms with E-state index in [0.717, 1.165) is 0 Å². The number of rotatable bonds is 5. The van der Waals surface area contributed by atoms with Crippen LogP contribution in [0.4, 0.5) is 0 Å². The third-order valence-electron chi connectivity index (χ3n) is 2.70. The Morgan fingerprint density at radius 2 is 2.13 bits per heavy atom. The number of ether oxygens (including phenoxy) is 1. The van der Waals surface area contributed by atoms with E-state index in [-0.39, 0.29) is 12.5 Å². The molecule has 0 bridgehead atoms. The predicted octanol–water partition coefficient (Wildman–Crippen LogP) is 1.33. The van der Waals surface area contributed by atoms with Crippen LogP contribution in [0.2, 0.25) is 0 Å². The Bertz CT molecular complexity index is 226. The maximum atomic E-state index is 11.2. The van der Waals surface area contributed by atoms with Crippen molar-refractivity contribution in [3.8, 4) is 12.3 Å². The van der Waals surface area contributed by atoms with Crippen LogP contribution in [0, 0.1) is 18.3 Å². The van der Waals surface area contributed by atoms with Gasteiger partial charge in [0.15, 0.2) is 0 Å². The van der Waals surface area contributed by atoms with Gasteiger partial charge in [0, 0.05) is 0 Å². The highest BCUT2D eigenvalue weighted by Crippen LogP contribution is 2.23. The molecule has 0 aromatic rings. The second-order valence-corrected chi connectivity index (χ2v) is 3.99. The van der Waals surface area contributed by atoms with Crippen molar-refractivity contribution in [2.75, 3.05) is 19.7 Å². The first-order valence-corrected chi connectivity index (χ1v) is 5.62. The zero-order valence-electron chi connectivity index (χ0n) is 9.13. The summed E-state index contributed by atoms with van der Waals surface area (Å²) in [6.07, 6.45) is 11.3. The zero-order chi connectivity index (χ0) is 10.9. The number of nitrogens with one attached hydrogen (secondary N) is 1. The fourth-order valence-electron chi connectivity index (χ4n) is 1.85. The maximum Gasteiger partial charge on any atom is 0.319 e. The Kier molecular flexibility index (Phi) is 5.87. The molecule has 84 valence electrons. The average molecular weight is 209 g/mol. The number of carbonyl (C=O) groups excluding carboxylic acids is 1. The molecular formula is C12H19NO2. The first kappa shape index (κ1) is 12.1. The predicted molar refractivity (Wildman–Crippen MR) is 59.2 cm³/mol. The normalized spacial score (nSPS) is 17.0. The second kappa shape index (κ2) is 7.30. The van der Waals surface area contributed by atoms with Crippen molar-refractivity contribution in [3.63, 3.8) is 0 Å². The van der Waals surface area contributed by atoms with Crippen molar-refractivity contribution in [2.24, 2.45) is 5.92 Å². The summed E-state index contributed by atoms with van der Waals surface area (Å²) in [5, 5.41) is 2.81. The van der Waals surface area contributed by atoms with Crippen LogP contribution in [0.5, 0.6) is 0 Å². The standard InChI is InChI=1S/C12H19NO2/c1-2-8-13-9-12(14)15-10-11-6-4-3-5-7-11/h1,11,13H,3-10H2. The topological polar surface area (TPSA) is 38.3 Å². The number of hydrogen-bond donors (Lipinski definition) is 1. The molecule has 1 aliphatic rings. The summed E-state index contributed by atoms with van der Waals surface area (Å²) in [5.41, 5.74) is 0. The highest BCUT2D eigenvalue weighted by Gasteiger charge is 2.15. The van der Waals surface area contributed by atoms with Crippen molar-refractivity contribution in [1.82, 2.24) is 5.32 Å². The Morgan fingerprint density at radius 3 is 2.80 bits per heavy atom. The third-order valence-corrected chi connectivity index (χ3v) is 2.70. The minimum atomic E-state index is -0.198. The molecule has 0 heterocycles. The van der Waals surface area contributed by atoms with Crippen molar-refractivity contribution in [3.05, 3.63) is 0 Å². The van der Waals surface area contributed by atoms with Crippen LogP contribution in [-0.4, -0.2) is 25.7 Å². The molecule has 15 heavy (non-hydrogen) atoms. The Labute approximate surface area is 91.6 Å². The van der Waals surface area contributed by atoms with E-state index in [9.17, 15) is 4.79 Å². The lowest BCUT2D eigenvalue weighted by molar-refractivity contribution is -0.144. The first-order chi connectivity index (χ1) is 7.33. The van der Waals surface area contributed by atoms with Crippen molar-refractivity contribution >= 4 is 5.97 Å². The minimum Gasteiger partial charge on any atom is -0.464 e. The molecule has 1 fully saturated rings. The van der Waals surface area contributed by atoms with E-state index in [4.69, 9.17) is 11.2 Å². The van der Waals surface area contributed by atoms with E-state index in [1.165, 1.54) is 32.1 Å². The summed E-state index contributed by atoms with van der Waals surface area (Å²) in [6, 6.07) is 0. The van der Waals surface area contributed by atoms with Gasteiger partial charge in [0.2, 0.25) is 0 Å². The van der Waals surface area contributed by atoms with E-state index in [1.807, 2.05) is 0 Å². The third kappa shape index (κ3) is 5.44. The molecule has 1 aliphatic carbocycles. The maximum absolute atomic E-state index is 11.2. The van der Waals surface area contributed by atoms with Gasteiger partial charge in [0.05, 0.1) is 19.7 Å². The van der Waals surface area contributed by atoms with Crippen LogP contribution >= 0.6 is 0 Å². The molecule has 1 rings (SSSR count). The highest BCUT2D eigenvalue weighted by atomic mass is 16.5. The van der Waals surface area contributed by atoms with E-state index in [0.29, 0.717) is 19.1 Å². The highest BCUT2D eigenvalue weighted by molar-refractivity contribution is 5.71. The first-order valence-electron chi connectivity index (χ1n) is 5.62. The van der Waals surface area contributed by atoms with Crippen molar-refractivity contribution < 1.29 is 9.53 Å². The molecular weight excluding hydrogens is 190 g/mol. The molecule has 0 amide bonds. The van der Waals surface area contributed by atoms with E-state index in [2.05, 4.69) is 11.2 Å². The number of terminal acetylenes is 1. The SMILES string of the molecule is C#CCNCC(=O)OCC1CCCCC1. The van der Waals surface area contributed by atoms with E-state index in [1.54, 1.807) is 0 Å². The van der Waals surface area contributed by atoms with Crippen LogP contribution in [-0.2, 0) is 9.53 Å². The summed E-state index contributed by atoms with van der Waals surface area (Å²) in [4.78, 5) is 11.2. The van der Waals surface area contributed by atoms with Crippen LogP contribution in [0.1, 0.15) is 32.1 Å². The molecule has 0 spiro atoms. The molecule has 0 aliphatic heterocycles. The fourth-order valence-corrected chi connectivity index (χ4v) is 1.85. The zero-order valence-corrected chi connectivity index (χ0v) is 9.13. The van der Waals surface area contributed by atoms with Crippen molar-refractivity contribution in [2.45, 2.75) is 32.1 Å². The monoisotopic (exact) mass is 209 g/mol. The van der Waals surface area contributed by atoms with Crippen LogP contribution in [0.15, 0.2) is 0 Å². The fraction of sp³-hybridized carbons (Fsp3) is 0.750. The molecule has 1 N–H and O–H groups in total. The number of carbonyl (C=O) groups is 1. The van der Waals surface area contributed by atoms with Gasteiger partial charge in [-0.3, -0.25) is 10.1 Å². The van der Waals surface area contributed by atoms with Crippen LogP contribution in [0.3, 0.4) is 0 Å². The van der Waals surface area contributed by atoms with Gasteiger partial charge in [-0.15, -0.1) is 6.42 Å². The molecule has 1 saturated carbocycles. The Hall–Kier alpha value is -1.01. The number of hydrogen-bond acceptors (Lipinski definition) is 3. The summed E-state index contributed by atoms with van der Waals surface area (Å²) in [7, 11) is 0. The van der Waals surface area contributed by atoms with Gasteiger partial charge in [-0.05, 0) is 18.8 Å². The van der Waals surface area contributed by atoms with Gasteiger partial charge in [0.1, 0.15) is 0 Å². The summed E-state index contributed by atoms with van der Waals surface area (Å²) in [6.45, 7) is 1.21. The Morgan fingerprint density at radius 1 is 1.40 bits per heavy atom. The van der Waals surface area contributed by atoms with Gasteiger partial charge in [0.25, 0.3) is 0 Å². The quantitative estimate of drug-likeness (QED) is 0.422. The van der Waals surface area contributed by atoms with Gasteiger partial charge in [-0.1, -0.05) is 25.2 Å². The summed E-state index contributed by atoms with van der Waals surface area (Å²) >= 11 is 0. The second-order valence-electron chi connectivity index (χ2n) is 3.99. The lowest BCUT2D eigenvalue weighted by Gasteiger charge is -2.20. The summed E-state index contributed by atoms with van der Waals surface area (Å²) in [5.74, 6) is 2.79. The van der Waals surface area contributed by atoms with Gasteiger partial charge in [-0.2, -0.15) is 0 Å². The molecule has 0 radical (unpaired) electrons. The van der Waals surface area contributed by atoms with E-state index < -0.39 is 0 Å². The molecule has 0 saturated heterocycles.